The molecule has 0 fully saturated rings. The van der Waals surface area contributed by atoms with E-state index in [9.17, 15) is 4.57 Å². The zero-order valence-corrected chi connectivity index (χ0v) is 9.88. The molecule has 0 saturated heterocycles. The Balaban J connectivity index is 2.90. The van der Waals surface area contributed by atoms with E-state index in [2.05, 4.69) is 11.6 Å². The van der Waals surface area contributed by atoms with Crippen LogP contribution >= 0.6 is 7.60 Å². The lowest BCUT2D eigenvalue weighted by molar-refractivity contribution is 0.288. The summed E-state index contributed by atoms with van der Waals surface area (Å²) in [6, 6.07) is 7.60. The van der Waals surface area contributed by atoms with Gasteiger partial charge in [0.2, 0.25) is 0 Å². The molecular weight excluding hydrogens is 211 g/mol. The largest absolute Gasteiger partial charge is 0.405 e. The minimum atomic E-state index is -3.22. The fourth-order valence-electron chi connectivity index (χ4n) is 0.936. The van der Waals surface area contributed by atoms with Gasteiger partial charge in [-0.25, -0.2) is 4.57 Å². The number of aryl methyl sites for hydroxylation is 1. The standard InChI is InChI=1S/C11H13O3P/c1-10-4-6-11(7-5-10)8-9-15(12,13-2)14-3/h4-7H,1-3H3. The SMILES string of the molecule is COP(=O)(C#Cc1ccc(C)cc1)OC. The minimum absolute atomic E-state index is 0.787. The first-order valence-electron chi connectivity index (χ1n) is 4.41. The summed E-state index contributed by atoms with van der Waals surface area (Å²) in [6.45, 7) is 1.99. The molecule has 0 spiro atoms. The first-order valence-corrected chi connectivity index (χ1v) is 5.95. The van der Waals surface area contributed by atoms with Crippen molar-refractivity contribution in [2.45, 2.75) is 6.92 Å². The van der Waals surface area contributed by atoms with Crippen molar-refractivity contribution >= 4 is 7.60 Å². The summed E-state index contributed by atoms with van der Waals surface area (Å²) in [5.74, 6) is 2.75. The van der Waals surface area contributed by atoms with Gasteiger partial charge in [0.25, 0.3) is 0 Å². The van der Waals surface area contributed by atoms with Crippen LogP contribution in [0.15, 0.2) is 24.3 Å². The molecule has 0 N–H and O–H groups in total. The molecule has 0 unspecified atom stereocenters. The third-order valence-electron chi connectivity index (χ3n) is 1.87. The average Bonchev–Trinajstić information content (AvgIpc) is 2.28. The van der Waals surface area contributed by atoms with Crippen LogP contribution in [0.4, 0.5) is 0 Å². The molecule has 0 atom stereocenters. The first kappa shape index (κ1) is 12.0. The van der Waals surface area contributed by atoms with Gasteiger partial charge in [-0.15, -0.1) is 0 Å². The number of hydrogen-bond acceptors (Lipinski definition) is 3. The highest BCUT2D eigenvalue weighted by atomic mass is 31.2. The van der Waals surface area contributed by atoms with Crippen LogP contribution in [0.5, 0.6) is 0 Å². The van der Waals surface area contributed by atoms with Gasteiger partial charge in [-0.3, -0.25) is 0 Å². The Morgan fingerprint density at radius 1 is 1.13 bits per heavy atom. The van der Waals surface area contributed by atoms with Crippen LogP contribution in [0.25, 0.3) is 0 Å². The third kappa shape index (κ3) is 3.53. The molecule has 0 aromatic heterocycles. The molecule has 1 aromatic carbocycles. The lowest BCUT2D eigenvalue weighted by atomic mass is 10.2. The van der Waals surface area contributed by atoms with Crippen molar-refractivity contribution in [1.29, 1.82) is 0 Å². The molecule has 0 saturated carbocycles. The van der Waals surface area contributed by atoms with Gasteiger partial charge in [0.1, 0.15) is 0 Å². The molecule has 3 nitrogen and oxygen atoms in total. The second kappa shape index (κ2) is 5.14. The monoisotopic (exact) mass is 224 g/mol. The van der Waals surface area contributed by atoms with Crippen molar-refractivity contribution in [3.63, 3.8) is 0 Å². The average molecular weight is 224 g/mol. The van der Waals surface area contributed by atoms with Crippen LogP contribution in [-0.2, 0) is 13.6 Å². The number of hydrogen-bond donors (Lipinski definition) is 0. The predicted octanol–water partition coefficient (Wildman–Crippen LogP) is 2.79. The molecule has 0 amide bonds. The van der Waals surface area contributed by atoms with Crippen LogP contribution in [-0.4, -0.2) is 14.2 Å². The Labute approximate surface area is 89.9 Å². The summed E-state index contributed by atoms with van der Waals surface area (Å²) in [6.07, 6.45) is 0. The maximum atomic E-state index is 11.6. The summed E-state index contributed by atoms with van der Waals surface area (Å²) in [5.41, 5.74) is 4.43. The van der Waals surface area contributed by atoms with Crippen LogP contribution in [0.1, 0.15) is 11.1 Å². The molecule has 0 heterocycles. The summed E-state index contributed by atoms with van der Waals surface area (Å²) in [5, 5.41) is 0. The number of rotatable bonds is 2. The van der Waals surface area contributed by atoms with Crippen molar-refractivity contribution in [3.8, 4) is 11.6 Å². The van der Waals surface area contributed by atoms with Gasteiger partial charge < -0.3 is 9.05 Å². The Morgan fingerprint density at radius 2 is 1.67 bits per heavy atom. The van der Waals surface area contributed by atoms with Crippen LogP contribution in [0, 0.1) is 18.5 Å². The van der Waals surface area contributed by atoms with E-state index < -0.39 is 7.60 Å². The van der Waals surface area contributed by atoms with E-state index in [1.807, 2.05) is 31.2 Å². The molecular formula is C11H13O3P. The van der Waals surface area contributed by atoms with E-state index in [4.69, 9.17) is 9.05 Å². The maximum absolute atomic E-state index is 11.6. The highest BCUT2D eigenvalue weighted by Gasteiger charge is 2.16. The summed E-state index contributed by atoms with van der Waals surface area (Å²) < 4.78 is 21.0. The van der Waals surface area contributed by atoms with Crippen LogP contribution in [0.2, 0.25) is 0 Å². The third-order valence-corrected chi connectivity index (χ3v) is 3.22. The van der Waals surface area contributed by atoms with Crippen molar-refractivity contribution < 1.29 is 13.6 Å². The van der Waals surface area contributed by atoms with Crippen molar-refractivity contribution in [3.05, 3.63) is 35.4 Å². The fraction of sp³-hybridized carbons (Fsp3) is 0.273. The van der Waals surface area contributed by atoms with E-state index in [1.54, 1.807) is 0 Å². The Hall–Kier alpha value is -1.07. The second-order valence-corrected chi connectivity index (χ2v) is 4.91. The lowest BCUT2D eigenvalue weighted by Crippen LogP contribution is -1.84. The van der Waals surface area contributed by atoms with Crippen LogP contribution < -0.4 is 0 Å². The molecule has 1 rings (SSSR count). The second-order valence-electron chi connectivity index (χ2n) is 2.97. The highest BCUT2D eigenvalue weighted by Crippen LogP contribution is 2.44. The van der Waals surface area contributed by atoms with E-state index in [-0.39, 0.29) is 0 Å². The molecule has 0 bridgehead atoms. The van der Waals surface area contributed by atoms with Gasteiger partial charge in [-0.1, -0.05) is 23.6 Å². The summed E-state index contributed by atoms with van der Waals surface area (Å²) >= 11 is 0. The smallest absolute Gasteiger partial charge is 0.303 e. The van der Waals surface area contributed by atoms with Gasteiger partial charge in [0.15, 0.2) is 0 Å². The normalized spacial score (nSPS) is 10.6. The molecule has 80 valence electrons. The summed E-state index contributed by atoms with van der Waals surface area (Å²) in [7, 11) is -0.592. The molecule has 0 aliphatic carbocycles. The summed E-state index contributed by atoms with van der Waals surface area (Å²) in [4.78, 5) is 0. The van der Waals surface area contributed by atoms with E-state index in [0.29, 0.717) is 0 Å². The van der Waals surface area contributed by atoms with Gasteiger partial charge in [-0.2, -0.15) is 0 Å². The zero-order chi connectivity index (χ0) is 11.3. The van der Waals surface area contributed by atoms with Gasteiger partial charge >= 0.3 is 7.60 Å². The van der Waals surface area contributed by atoms with E-state index >= 15 is 0 Å². The first-order chi connectivity index (χ1) is 7.09. The van der Waals surface area contributed by atoms with Gasteiger partial charge in [0, 0.05) is 25.4 Å². The Bertz CT molecular complexity index is 417. The lowest BCUT2D eigenvalue weighted by Gasteiger charge is -2.04. The van der Waals surface area contributed by atoms with E-state index in [1.165, 1.54) is 14.2 Å². The molecule has 0 aliphatic heterocycles. The quantitative estimate of drug-likeness (QED) is 0.572. The molecule has 0 radical (unpaired) electrons. The molecule has 15 heavy (non-hydrogen) atoms. The van der Waals surface area contributed by atoms with Crippen LogP contribution in [0.3, 0.4) is 0 Å². The van der Waals surface area contributed by atoms with Crippen molar-refractivity contribution in [1.82, 2.24) is 0 Å². The molecule has 4 heteroatoms. The van der Waals surface area contributed by atoms with Crippen molar-refractivity contribution in [2.24, 2.45) is 0 Å². The molecule has 0 aliphatic rings. The Kier molecular flexibility index (Phi) is 4.11. The molecule has 1 aromatic rings. The zero-order valence-electron chi connectivity index (χ0n) is 8.98. The van der Waals surface area contributed by atoms with Crippen molar-refractivity contribution in [2.75, 3.05) is 14.2 Å². The number of benzene rings is 1. The maximum Gasteiger partial charge on any atom is 0.405 e. The fourth-order valence-corrected chi connectivity index (χ4v) is 1.53. The minimum Gasteiger partial charge on any atom is -0.303 e. The predicted molar refractivity (Wildman–Crippen MR) is 59.7 cm³/mol. The highest BCUT2D eigenvalue weighted by molar-refractivity contribution is 7.59. The topological polar surface area (TPSA) is 35.5 Å². The van der Waals surface area contributed by atoms with Gasteiger partial charge in [0.05, 0.1) is 0 Å². The van der Waals surface area contributed by atoms with E-state index in [0.717, 1.165) is 11.1 Å². The Morgan fingerprint density at radius 3 is 2.13 bits per heavy atom. The van der Waals surface area contributed by atoms with Gasteiger partial charge in [-0.05, 0) is 19.1 Å².